The summed E-state index contributed by atoms with van der Waals surface area (Å²) in [5.41, 5.74) is 3.97. The molecule has 1 aliphatic heterocycles. The van der Waals surface area contributed by atoms with Crippen molar-refractivity contribution >= 4 is 5.91 Å². The lowest BCUT2D eigenvalue weighted by atomic mass is 9.61. The number of benzene rings is 1. The fourth-order valence-corrected chi connectivity index (χ4v) is 7.47. The number of fused-ring (bicyclic) bond motifs is 2. The number of carbonyl (C=O) groups is 1. The van der Waals surface area contributed by atoms with E-state index >= 15 is 0 Å². The Morgan fingerprint density at radius 2 is 1.96 bits per heavy atom. The molecule has 5 atom stereocenters. The number of nitrogens with one attached hydrogen (secondary N) is 1. The van der Waals surface area contributed by atoms with Crippen LogP contribution in [0.3, 0.4) is 0 Å². The van der Waals surface area contributed by atoms with E-state index < -0.39 is 0 Å². The van der Waals surface area contributed by atoms with Crippen molar-refractivity contribution < 1.29 is 4.79 Å². The highest BCUT2D eigenvalue weighted by Gasteiger charge is 2.68. The molecule has 148 valence electrons. The molecule has 1 amide bonds. The van der Waals surface area contributed by atoms with Gasteiger partial charge in [0.15, 0.2) is 0 Å². The van der Waals surface area contributed by atoms with Gasteiger partial charge in [-0.2, -0.15) is 0 Å². The molecule has 3 fully saturated rings. The van der Waals surface area contributed by atoms with Crippen LogP contribution in [0.2, 0.25) is 0 Å². The minimum atomic E-state index is 0.0858. The summed E-state index contributed by atoms with van der Waals surface area (Å²) in [4.78, 5) is 14.4. The zero-order chi connectivity index (χ0) is 18.9. The van der Waals surface area contributed by atoms with Gasteiger partial charge >= 0.3 is 0 Å². The molecule has 1 heterocycles. The number of carbonyl (C=O) groups excluding carboxylic acids is 1. The first-order valence-corrected chi connectivity index (χ1v) is 11.4. The first-order valence-electron chi connectivity index (χ1n) is 11.4. The Kier molecular flexibility index (Phi) is 3.67. The van der Waals surface area contributed by atoms with Crippen LogP contribution in [-0.2, 0) is 10.2 Å². The van der Waals surface area contributed by atoms with Crippen molar-refractivity contribution in [2.45, 2.75) is 56.9 Å². The van der Waals surface area contributed by atoms with E-state index in [1.165, 1.54) is 62.9 Å². The van der Waals surface area contributed by atoms with Crippen LogP contribution in [0.1, 0.15) is 62.6 Å². The van der Waals surface area contributed by atoms with Crippen LogP contribution >= 0.6 is 0 Å². The summed E-state index contributed by atoms with van der Waals surface area (Å²) in [7, 11) is 0. The second-order valence-electron chi connectivity index (χ2n) is 10.4. The smallest absolute Gasteiger partial charge is 0.217 e. The van der Waals surface area contributed by atoms with E-state index in [1.54, 1.807) is 6.92 Å². The number of nitrogens with zero attached hydrogens (tertiary/aromatic N) is 1. The van der Waals surface area contributed by atoms with Crippen LogP contribution in [0, 0.1) is 23.2 Å². The zero-order valence-corrected chi connectivity index (χ0v) is 17.0. The first-order chi connectivity index (χ1) is 13.6. The van der Waals surface area contributed by atoms with Gasteiger partial charge in [0.05, 0.1) is 6.04 Å². The average Bonchev–Trinajstić information content (AvgIpc) is 3.34. The Labute approximate surface area is 168 Å². The lowest BCUT2D eigenvalue weighted by Gasteiger charge is -2.50. The largest absolute Gasteiger partial charge is 0.350 e. The van der Waals surface area contributed by atoms with Crippen molar-refractivity contribution in [2.24, 2.45) is 23.2 Å². The molecule has 3 heteroatoms. The van der Waals surface area contributed by atoms with Crippen LogP contribution in [0.5, 0.6) is 0 Å². The third kappa shape index (κ3) is 2.41. The Bertz CT molecular complexity index is 837. The van der Waals surface area contributed by atoms with E-state index in [1.807, 2.05) is 0 Å². The lowest BCUT2D eigenvalue weighted by Crippen LogP contribution is -2.50. The summed E-state index contributed by atoms with van der Waals surface area (Å²) >= 11 is 0. The Morgan fingerprint density at radius 3 is 2.71 bits per heavy atom. The summed E-state index contributed by atoms with van der Waals surface area (Å²) in [6, 6.07) is 9.11. The van der Waals surface area contributed by atoms with Gasteiger partial charge in [-0.05, 0) is 91.3 Å². The molecule has 1 N–H and O–H groups in total. The second kappa shape index (κ2) is 5.95. The molecule has 0 bridgehead atoms. The van der Waals surface area contributed by atoms with Crippen molar-refractivity contribution in [1.82, 2.24) is 10.2 Å². The van der Waals surface area contributed by atoms with Crippen LogP contribution in [0.25, 0.3) is 0 Å². The molecule has 1 aromatic carbocycles. The molecule has 28 heavy (non-hydrogen) atoms. The van der Waals surface area contributed by atoms with Gasteiger partial charge in [0.1, 0.15) is 0 Å². The number of rotatable bonds is 3. The highest BCUT2D eigenvalue weighted by Crippen LogP contribution is 2.75. The van der Waals surface area contributed by atoms with Gasteiger partial charge in [-0.3, -0.25) is 4.79 Å². The minimum Gasteiger partial charge on any atom is -0.350 e. The van der Waals surface area contributed by atoms with E-state index in [4.69, 9.17) is 0 Å². The summed E-state index contributed by atoms with van der Waals surface area (Å²) in [6.07, 6.45) is 12.9. The second-order valence-corrected chi connectivity index (χ2v) is 10.4. The minimum absolute atomic E-state index is 0.0858. The van der Waals surface area contributed by atoms with Crippen LogP contribution in [0.4, 0.5) is 0 Å². The normalized spacial score (nSPS) is 39.6. The van der Waals surface area contributed by atoms with Crippen molar-refractivity contribution in [3.63, 3.8) is 0 Å². The molecule has 1 saturated heterocycles. The quantitative estimate of drug-likeness (QED) is 0.802. The molecule has 3 nitrogen and oxygen atoms in total. The van der Waals surface area contributed by atoms with E-state index in [0.29, 0.717) is 5.41 Å². The fraction of sp³-hybridized carbons (Fsp3) is 0.640. The number of hydrogen-bond acceptors (Lipinski definition) is 2. The number of allylic oxidation sites excluding steroid dienone is 2. The van der Waals surface area contributed by atoms with Crippen molar-refractivity contribution in [3.05, 3.63) is 47.5 Å². The van der Waals surface area contributed by atoms with E-state index in [2.05, 4.69) is 46.6 Å². The Balaban J connectivity index is 1.14. The first kappa shape index (κ1) is 17.3. The van der Waals surface area contributed by atoms with Crippen molar-refractivity contribution in [3.8, 4) is 0 Å². The van der Waals surface area contributed by atoms with Gasteiger partial charge < -0.3 is 10.2 Å². The third-order valence-electron chi connectivity index (χ3n) is 9.05. The maximum absolute atomic E-state index is 11.7. The third-order valence-corrected chi connectivity index (χ3v) is 9.05. The molecule has 2 saturated carbocycles. The molecule has 6 rings (SSSR count). The number of likely N-dealkylation sites (tertiary alicyclic amines) is 1. The van der Waals surface area contributed by atoms with Gasteiger partial charge in [0, 0.05) is 13.5 Å². The summed E-state index contributed by atoms with van der Waals surface area (Å²) in [6.45, 7) is 5.43. The molecule has 5 aliphatic rings. The van der Waals surface area contributed by atoms with Gasteiger partial charge in [0.2, 0.25) is 5.91 Å². The predicted molar refractivity (Wildman–Crippen MR) is 111 cm³/mol. The topological polar surface area (TPSA) is 32.3 Å². The monoisotopic (exact) mass is 376 g/mol. The van der Waals surface area contributed by atoms with Crippen LogP contribution in [-0.4, -0.2) is 30.4 Å². The zero-order valence-electron chi connectivity index (χ0n) is 17.0. The maximum atomic E-state index is 11.7. The number of hydrogen-bond donors (Lipinski definition) is 1. The predicted octanol–water partition coefficient (Wildman–Crippen LogP) is 4.20. The van der Waals surface area contributed by atoms with Crippen LogP contribution in [0.15, 0.2) is 36.4 Å². The lowest BCUT2D eigenvalue weighted by molar-refractivity contribution is -0.119. The summed E-state index contributed by atoms with van der Waals surface area (Å²) < 4.78 is 0. The number of amides is 1. The maximum Gasteiger partial charge on any atom is 0.217 e. The van der Waals surface area contributed by atoms with Gasteiger partial charge in [0.25, 0.3) is 0 Å². The van der Waals surface area contributed by atoms with E-state index in [-0.39, 0.29) is 11.9 Å². The molecule has 0 aromatic heterocycles. The fourth-order valence-electron chi connectivity index (χ4n) is 7.47. The summed E-state index contributed by atoms with van der Waals surface area (Å²) in [5.74, 6) is 2.86. The molecular formula is C25H32N2O. The Morgan fingerprint density at radius 1 is 1.14 bits per heavy atom. The van der Waals surface area contributed by atoms with Gasteiger partial charge in [-0.25, -0.2) is 0 Å². The number of piperidine rings is 1. The molecular weight excluding hydrogens is 344 g/mol. The van der Waals surface area contributed by atoms with E-state index in [9.17, 15) is 4.79 Å². The highest BCUT2D eigenvalue weighted by molar-refractivity contribution is 5.73. The standard InChI is InChI=1S/C25H32N2O/c1-17(28)26-23-8-9-24(22-5-3-2-4-20(22)23)10-12-27(13-11-24)16-18-14-25-15-19(25)6-7-21(18)25/h2-7,18-19,21,23H,8-16H2,1H3,(H,26,28)/t18-,19+,21-,23+,25?/m1/s1. The molecule has 1 aromatic rings. The SMILES string of the molecule is CC(=O)N[C@H]1CCC2(CCN(C[C@H]3CC45C[C@@H]4C=C[C@H]35)CC2)c2ccccc21. The molecule has 1 unspecified atom stereocenters. The van der Waals surface area contributed by atoms with Crippen molar-refractivity contribution in [2.75, 3.05) is 19.6 Å². The average molecular weight is 377 g/mol. The van der Waals surface area contributed by atoms with Gasteiger partial charge in [-0.1, -0.05) is 36.4 Å². The van der Waals surface area contributed by atoms with Gasteiger partial charge in [-0.15, -0.1) is 0 Å². The Hall–Kier alpha value is -1.61. The summed E-state index contributed by atoms with van der Waals surface area (Å²) in [5, 5.41) is 3.18. The highest BCUT2D eigenvalue weighted by atomic mass is 16.1. The molecule has 2 spiro atoms. The van der Waals surface area contributed by atoms with E-state index in [0.717, 1.165) is 29.6 Å². The van der Waals surface area contributed by atoms with Crippen LogP contribution < -0.4 is 5.32 Å². The van der Waals surface area contributed by atoms with Crippen molar-refractivity contribution in [1.29, 1.82) is 0 Å². The molecule has 0 radical (unpaired) electrons. The molecule has 4 aliphatic carbocycles.